The summed E-state index contributed by atoms with van der Waals surface area (Å²) < 4.78 is 0. The van der Waals surface area contributed by atoms with Gasteiger partial charge in [0, 0.05) is 12.6 Å². The number of rotatable bonds is 4. The molecular weight excluding hydrogens is 286 g/mol. The quantitative estimate of drug-likeness (QED) is 0.750. The van der Waals surface area contributed by atoms with E-state index < -0.39 is 0 Å². The smallest absolute Gasteiger partial charge is 0.226 e. The third-order valence-corrected chi connectivity index (χ3v) is 3.50. The number of nitrogens with zero attached hydrogens (tertiary/aromatic N) is 4. The number of H-pyrrole nitrogens is 1. The van der Waals surface area contributed by atoms with Crippen LogP contribution in [0, 0.1) is 0 Å². The Morgan fingerprint density at radius 1 is 1.19 bits per heavy atom. The lowest BCUT2D eigenvalue weighted by molar-refractivity contribution is 0.674. The molecule has 0 aliphatic rings. The van der Waals surface area contributed by atoms with Crippen molar-refractivity contribution in [2.75, 3.05) is 4.90 Å². The van der Waals surface area contributed by atoms with E-state index in [9.17, 15) is 0 Å². The summed E-state index contributed by atoms with van der Waals surface area (Å²) in [6, 6.07) is 10.5. The van der Waals surface area contributed by atoms with Crippen LogP contribution in [0.4, 0.5) is 5.82 Å². The van der Waals surface area contributed by atoms with E-state index in [1.807, 2.05) is 18.2 Å². The molecular formula is C15H16ClN5. The molecule has 2 heterocycles. The monoisotopic (exact) mass is 301 g/mol. The Labute approximate surface area is 128 Å². The number of aromatic nitrogens is 4. The Morgan fingerprint density at radius 2 is 1.95 bits per heavy atom. The average molecular weight is 302 g/mol. The zero-order chi connectivity index (χ0) is 14.8. The molecule has 0 bridgehead atoms. The maximum absolute atomic E-state index is 6.03. The highest BCUT2D eigenvalue weighted by Crippen LogP contribution is 2.26. The number of nitrogens with one attached hydrogen (secondary N) is 1. The SMILES string of the molecule is CC(C)N(Cc1ccccc1)c1nc(Cl)nc2nc[nH]c12. The van der Waals surface area contributed by atoms with Crippen molar-refractivity contribution in [2.45, 2.75) is 26.4 Å². The molecule has 0 saturated carbocycles. The summed E-state index contributed by atoms with van der Waals surface area (Å²) in [5.74, 6) is 0.779. The Morgan fingerprint density at radius 3 is 2.67 bits per heavy atom. The van der Waals surface area contributed by atoms with Crippen LogP contribution in [0.2, 0.25) is 5.28 Å². The summed E-state index contributed by atoms with van der Waals surface area (Å²) in [6.07, 6.45) is 1.61. The molecule has 0 amide bonds. The Balaban J connectivity index is 2.05. The Hall–Kier alpha value is -2.14. The molecule has 2 aromatic heterocycles. The number of hydrogen-bond donors (Lipinski definition) is 1. The van der Waals surface area contributed by atoms with E-state index in [4.69, 9.17) is 11.6 Å². The first-order valence-corrected chi connectivity index (χ1v) is 7.20. The third kappa shape index (κ3) is 2.83. The van der Waals surface area contributed by atoms with E-state index >= 15 is 0 Å². The summed E-state index contributed by atoms with van der Waals surface area (Å²) in [5, 5.41) is 0.211. The second kappa shape index (κ2) is 5.69. The van der Waals surface area contributed by atoms with E-state index in [1.165, 1.54) is 5.56 Å². The number of benzene rings is 1. The minimum atomic E-state index is 0.211. The van der Waals surface area contributed by atoms with Crippen molar-refractivity contribution in [3.63, 3.8) is 0 Å². The predicted octanol–water partition coefficient (Wildman–Crippen LogP) is 3.42. The van der Waals surface area contributed by atoms with Crippen LogP contribution in [0.5, 0.6) is 0 Å². The summed E-state index contributed by atoms with van der Waals surface area (Å²) in [5.41, 5.74) is 2.61. The Kier molecular flexibility index (Phi) is 3.75. The van der Waals surface area contributed by atoms with E-state index in [-0.39, 0.29) is 11.3 Å². The van der Waals surface area contributed by atoms with E-state index in [2.05, 4.69) is 50.8 Å². The lowest BCUT2D eigenvalue weighted by Crippen LogP contribution is -2.31. The number of imidazole rings is 1. The van der Waals surface area contributed by atoms with E-state index in [0.29, 0.717) is 5.65 Å². The number of hydrogen-bond acceptors (Lipinski definition) is 4. The summed E-state index contributed by atoms with van der Waals surface area (Å²) in [7, 11) is 0. The van der Waals surface area contributed by atoms with Gasteiger partial charge in [-0.15, -0.1) is 0 Å². The standard InChI is InChI=1S/C15H16ClN5/c1-10(2)21(8-11-6-4-3-5-7-11)14-12-13(18-9-17-12)19-15(16)20-14/h3-7,9-10H,8H2,1-2H3,(H,17,18,19,20). The van der Waals surface area contributed by atoms with Crippen LogP contribution in [0.1, 0.15) is 19.4 Å². The van der Waals surface area contributed by atoms with Crippen LogP contribution >= 0.6 is 11.6 Å². The molecule has 0 aliphatic carbocycles. The van der Waals surface area contributed by atoms with Gasteiger partial charge >= 0.3 is 0 Å². The maximum Gasteiger partial charge on any atom is 0.226 e. The molecule has 5 nitrogen and oxygen atoms in total. The topological polar surface area (TPSA) is 57.7 Å². The lowest BCUT2D eigenvalue weighted by atomic mass is 10.2. The minimum absolute atomic E-state index is 0.211. The van der Waals surface area contributed by atoms with Gasteiger partial charge in [-0.1, -0.05) is 30.3 Å². The van der Waals surface area contributed by atoms with Crippen molar-refractivity contribution in [1.29, 1.82) is 0 Å². The number of fused-ring (bicyclic) bond motifs is 1. The maximum atomic E-state index is 6.03. The molecule has 108 valence electrons. The van der Waals surface area contributed by atoms with Crippen LogP contribution in [0.3, 0.4) is 0 Å². The first-order valence-electron chi connectivity index (χ1n) is 6.82. The Bertz CT molecular complexity index is 738. The van der Waals surface area contributed by atoms with Gasteiger partial charge in [0.1, 0.15) is 5.52 Å². The second-order valence-corrected chi connectivity index (χ2v) is 5.46. The van der Waals surface area contributed by atoms with Crippen molar-refractivity contribution in [2.24, 2.45) is 0 Å². The number of halogens is 1. The van der Waals surface area contributed by atoms with Crippen LogP contribution < -0.4 is 4.90 Å². The summed E-state index contributed by atoms with van der Waals surface area (Å²) >= 11 is 6.03. The van der Waals surface area contributed by atoms with Crippen molar-refractivity contribution < 1.29 is 0 Å². The van der Waals surface area contributed by atoms with Gasteiger partial charge in [0.25, 0.3) is 0 Å². The van der Waals surface area contributed by atoms with Gasteiger partial charge in [-0.25, -0.2) is 4.98 Å². The van der Waals surface area contributed by atoms with Gasteiger partial charge in [0.15, 0.2) is 11.5 Å². The highest BCUT2D eigenvalue weighted by Gasteiger charge is 2.18. The molecule has 1 N–H and O–H groups in total. The molecule has 0 radical (unpaired) electrons. The van der Waals surface area contributed by atoms with E-state index in [0.717, 1.165) is 17.9 Å². The van der Waals surface area contributed by atoms with Gasteiger partial charge in [0.05, 0.1) is 6.33 Å². The van der Waals surface area contributed by atoms with Gasteiger partial charge in [-0.05, 0) is 31.0 Å². The molecule has 6 heteroatoms. The molecule has 0 unspecified atom stereocenters. The molecule has 0 aliphatic heterocycles. The molecule has 0 saturated heterocycles. The van der Waals surface area contributed by atoms with Crippen molar-refractivity contribution >= 4 is 28.6 Å². The highest BCUT2D eigenvalue weighted by molar-refractivity contribution is 6.28. The third-order valence-electron chi connectivity index (χ3n) is 3.33. The molecule has 1 aromatic carbocycles. The average Bonchev–Trinajstić information content (AvgIpc) is 2.93. The number of aromatic amines is 1. The summed E-state index contributed by atoms with van der Waals surface area (Å²) in [6.45, 7) is 5.00. The molecule has 0 fully saturated rings. The minimum Gasteiger partial charge on any atom is -0.348 e. The first kappa shape index (κ1) is 13.8. The fraction of sp³-hybridized carbons (Fsp3) is 0.267. The van der Waals surface area contributed by atoms with E-state index in [1.54, 1.807) is 6.33 Å². The largest absolute Gasteiger partial charge is 0.348 e. The van der Waals surface area contributed by atoms with Crippen molar-refractivity contribution in [1.82, 2.24) is 19.9 Å². The van der Waals surface area contributed by atoms with Crippen LogP contribution in [-0.4, -0.2) is 26.0 Å². The fourth-order valence-corrected chi connectivity index (χ4v) is 2.44. The predicted molar refractivity (Wildman–Crippen MR) is 84.5 cm³/mol. The second-order valence-electron chi connectivity index (χ2n) is 5.12. The highest BCUT2D eigenvalue weighted by atomic mass is 35.5. The molecule has 0 spiro atoms. The number of anilines is 1. The van der Waals surface area contributed by atoms with Gasteiger partial charge in [-0.3, -0.25) is 0 Å². The normalized spacial score (nSPS) is 11.2. The van der Waals surface area contributed by atoms with Crippen molar-refractivity contribution in [3.05, 3.63) is 47.5 Å². The summed E-state index contributed by atoms with van der Waals surface area (Å²) in [4.78, 5) is 18.0. The van der Waals surface area contributed by atoms with Crippen LogP contribution in [-0.2, 0) is 6.54 Å². The fourth-order valence-electron chi connectivity index (χ4n) is 2.28. The zero-order valence-corrected chi connectivity index (χ0v) is 12.7. The molecule has 0 atom stereocenters. The molecule has 3 aromatic rings. The molecule has 3 rings (SSSR count). The first-order chi connectivity index (χ1) is 10.1. The van der Waals surface area contributed by atoms with Crippen LogP contribution in [0.15, 0.2) is 36.7 Å². The van der Waals surface area contributed by atoms with Crippen molar-refractivity contribution in [3.8, 4) is 0 Å². The lowest BCUT2D eigenvalue weighted by Gasteiger charge is -2.28. The zero-order valence-electron chi connectivity index (χ0n) is 11.9. The van der Waals surface area contributed by atoms with Gasteiger partial charge in [0.2, 0.25) is 5.28 Å². The van der Waals surface area contributed by atoms with Gasteiger partial charge < -0.3 is 9.88 Å². The van der Waals surface area contributed by atoms with Gasteiger partial charge in [-0.2, -0.15) is 9.97 Å². The molecule has 21 heavy (non-hydrogen) atoms. The van der Waals surface area contributed by atoms with Crippen LogP contribution in [0.25, 0.3) is 11.2 Å².